The Morgan fingerprint density at radius 3 is 2.37 bits per heavy atom. The first kappa shape index (κ1) is 19.9. The van der Waals surface area contributed by atoms with E-state index in [4.69, 9.17) is 9.47 Å². The van der Waals surface area contributed by atoms with E-state index in [0.29, 0.717) is 0 Å². The van der Waals surface area contributed by atoms with Gasteiger partial charge < -0.3 is 14.2 Å². The largest absolute Gasteiger partial charge is 0.493 e. The van der Waals surface area contributed by atoms with Crippen molar-refractivity contribution in [3.05, 3.63) is 53.8 Å². The first-order valence-electron chi connectivity index (χ1n) is 7.49. The zero-order valence-electron chi connectivity index (χ0n) is 14.0. The van der Waals surface area contributed by atoms with Crippen LogP contribution in [0.3, 0.4) is 0 Å². The minimum Gasteiger partial charge on any atom is -0.493 e. The lowest BCUT2D eigenvalue weighted by Gasteiger charge is -2.12. The van der Waals surface area contributed by atoms with Gasteiger partial charge in [0.05, 0.1) is 7.11 Å². The molecule has 2 N–H and O–H groups in total. The maximum Gasteiger partial charge on any atom is 0.387 e. The van der Waals surface area contributed by atoms with Gasteiger partial charge in [0.15, 0.2) is 18.1 Å². The van der Waals surface area contributed by atoms with E-state index >= 15 is 0 Å². The Labute approximate surface area is 152 Å². The van der Waals surface area contributed by atoms with E-state index in [1.165, 1.54) is 43.5 Å². The van der Waals surface area contributed by atoms with Gasteiger partial charge in [0.1, 0.15) is 11.6 Å². The molecule has 27 heavy (non-hydrogen) atoms. The molecule has 2 amide bonds. The average Bonchev–Trinajstić information content (AvgIpc) is 2.65. The molecule has 0 radical (unpaired) electrons. The molecular formula is C17H15F3N2O5. The number of hydrogen-bond donors (Lipinski definition) is 2. The SMILES string of the molecule is COc1cc(C(=O)NNC(=O)COc2ccc(F)cc2)ccc1OC(F)F. The fraction of sp³-hybridized carbons (Fsp3) is 0.176. The monoisotopic (exact) mass is 384 g/mol. The fourth-order valence-corrected chi connectivity index (χ4v) is 1.92. The van der Waals surface area contributed by atoms with Crippen LogP contribution in [0.5, 0.6) is 17.2 Å². The number of halogens is 3. The van der Waals surface area contributed by atoms with Crippen LogP contribution >= 0.6 is 0 Å². The van der Waals surface area contributed by atoms with E-state index in [1.807, 2.05) is 0 Å². The molecule has 0 spiro atoms. The predicted molar refractivity (Wildman–Crippen MR) is 87.1 cm³/mol. The molecule has 0 aliphatic rings. The normalized spacial score (nSPS) is 10.3. The van der Waals surface area contributed by atoms with Gasteiger partial charge >= 0.3 is 6.61 Å². The molecule has 10 heteroatoms. The van der Waals surface area contributed by atoms with Gasteiger partial charge in [-0.25, -0.2) is 4.39 Å². The topological polar surface area (TPSA) is 85.9 Å². The number of nitrogens with one attached hydrogen (secondary N) is 2. The van der Waals surface area contributed by atoms with Crippen LogP contribution in [-0.4, -0.2) is 32.1 Å². The minimum absolute atomic E-state index is 0.0354. The molecule has 0 saturated heterocycles. The number of amides is 2. The number of alkyl halides is 2. The van der Waals surface area contributed by atoms with Crippen molar-refractivity contribution in [1.82, 2.24) is 10.9 Å². The van der Waals surface area contributed by atoms with Gasteiger partial charge in [-0.3, -0.25) is 20.4 Å². The van der Waals surface area contributed by atoms with Gasteiger partial charge in [0.25, 0.3) is 11.8 Å². The van der Waals surface area contributed by atoms with Gasteiger partial charge in [-0.15, -0.1) is 0 Å². The number of carbonyl (C=O) groups is 2. The Morgan fingerprint density at radius 2 is 1.74 bits per heavy atom. The predicted octanol–water partition coefficient (Wildman–Crippen LogP) is 2.28. The molecule has 2 aromatic carbocycles. The summed E-state index contributed by atoms with van der Waals surface area (Å²) >= 11 is 0. The smallest absolute Gasteiger partial charge is 0.387 e. The number of methoxy groups -OCH3 is 1. The quantitative estimate of drug-likeness (QED) is 0.716. The maximum atomic E-state index is 12.8. The minimum atomic E-state index is -3.04. The molecule has 0 atom stereocenters. The van der Waals surface area contributed by atoms with Gasteiger partial charge in [-0.05, 0) is 42.5 Å². The second-order valence-corrected chi connectivity index (χ2v) is 4.99. The van der Waals surface area contributed by atoms with Gasteiger partial charge in [-0.2, -0.15) is 8.78 Å². The van der Waals surface area contributed by atoms with Crippen molar-refractivity contribution in [2.75, 3.05) is 13.7 Å². The van der Waals surface area contributed by atoms with E-state index in [-0.39, 0.29) is 22.8 Å². The Morgan fingerprint density at radius 1 is 1.04 bits per heavy atom. The summed E-state index contributed by atoms with van der Waals surface area (Å²) in [4.78, 5) is 23.7. The summed E-state index contributed by atoms with van der Waals surface area (Å²) in [5, 5.41) is 0. The molecule has 0 bridgehead atoms. The zero-order chi connectivity index (χ0) is 19.8. The zero-order valence-corrected chi connectivity index (χ0v) is 14.0. The van der Waals surface area contributed by atoms with E-state index < -0.39 is 30.8 Å². The molecule has 0 unspecified atom stereocenters. The van der Waals surface area contributed by atoms with E-state index in [2.05, 4.69) is 15.6 Å². The summed E-state index contributed by atoms with van der Waals surface area (Å²) in [6.07, 6.45) is 0. The lowest BCUT2D eigenvalue weighted by Crippen LogP contribution is -2.43. The highest BCUT2D eigenvalue weighted by molar-refractivity contribution is 5.96. The van der Waals surface area contributed by atoms with E-state index in [0.717, 1.165) is 6.07 Å². The lowest BCUT2D eigenvalue weighted by molar-refractivity contribution is -0.123. The molecule has 7 nitrogen and oxygen atoms in total. The molecule has 0 aliphatic carbocycles. The Hall–Kier alpha value is -3.43. The number of hydrazine groups is 1. The maximum absolute atomic E-state index is 12.8. The first-order valence-corrected chi connectivity index (χ1v) is 7.49. The van der Waals surface area contributed by atoms with E-state index in [1.54, 1.807) is 0 Å². The number of benzene rings is 2. The second-order valence-electron chi connectivity index (χ2n) is 4.99. The van der Waals surface area contributed by atoms with Crippen molar-refractivity contribution in [1.29, 1.82) is 0 Å². The fourth-order valence-electron chi connectivity index (χ4n) is 1.92. The Kier molecular flexibility index (Phi) is 6.86. The molecule has 0 fully saturated rings. The van der Waals surface area contributed by atoms with Crippen molar-refractivity contribution in [3.8, 4) is 17.2 Å². The highest BCUT2D eigenvalue weighted by atomic mass is 19.3. The van der Waals surface area contributed by atoms with Crippen molar-refractivity contribution in [3.63, 3.8) is 0 Å². The van der Waals surface area contributed by atoms with Crippen LogP contribution in [-0.2, 0) is 4.79 Å². The summed E-state index contributed by atoms with van der Waals surface area (Å²) in [6, 6.07) is 8.56. The molecule has 0 heterocycles. The highest BCUT2D eigenvalue weighted by Gasteiger charge is 2.14. The first-order chi connectivity index (χ1) is 12.9. The molecule has 0 saturated carbocycles. The lowest BCUT2D eigenvalue weighted by atomic mass is 10.2. The second kappa shape index (κ2) is 9.32. The Balaban J connectivity index is 1.87. The van der Waals surface area contributed by atoms with E-state index in [9.17, 15) is 22.8 Å². The average molecular weight is 384 g/mol. The van der Waals surface area contributed by atoms with Gasteiger partial charge in [0, 0.05) is 5.56 Å². The van der Waals surface area contributed by atoms with Crippen LogP contribution in [0.4, 0.5) is 13.2 Å². The van der Waals surface area contributed by atoms with Crippen LogP contribution < -0.4 is 25.1 Å². The van der Waals surface area contributed by atoms with Gasteiger partial charge in [-0.1, -0.05) is 0 Å². The summed E-state index contributed by atoms with van der Waals surface area (Å²) < 4.78 is 51.6. The van der Waals surface area contributed by atoms with Gasteiger partial charge in [0.2, 0.25) is 0 Å². The van der Waals surface area contributed by atoms with Crippen LogP contribution in [0.25, 0.3) is 0 Å². The number of carbonyl (C=O) groups excluding carboxylic acids is 2. The molecule has 2 rings (SSSR count). The van der Waals surface area contributed by atoms with Crippen LogP contribution in [0.2, 0.25) is 0 Å². The molecular weight excluding hydrogens is 369 g/mol. The van der Waals surface area contributed by atoms with Crippen molar-refractivity contribution < 1.29 is 37.0 Å². The van der Waals surface area contributed by atoms with Crippen molar-refractivity contribution >= 4 is 11.8 Å². The third kappa shape index (κ3) is 6.10. The van der Waals surface area contributed by atoms with Crippen LogP contribution in [0, 0.1) is 5.82 Å². The number of hydrogen-bond acceptors (Lipinski definition) is 5. The summed E-state index contributed by atoms with van der Waals surface area (Å²) in [5.74, 6) is -1.87. The van der Waals surface area contributed by atoms with Crippen LogP contribution in [0.1, 0.15) is 10.4 Å². The molecule has 144 valence electrons. The third-order valence-electron chi connectivity index (χ3n) is 3.14. The summed E-state index contributed by atoms with van der Waals surface area (Å²) in [6.45, 7) is -3.46. The van der Waals surface area contributed by atoms with Crippen LogP contribution in [0.15, 0.2) is 42.5 Å². The molecule has 0 aliphatic heterocycles. The summed E-state index contributed by atoms with van der Waals surface area (Å²) in [7, 11) is 1.23. The summed E-state index contributed by atoms with van der Waals surface area (Å²) in [5.41, 5.74) is 4.29. The van der Waals surface area contributed by atoms with Crippen molar-refractivity contribution in [2.45, 2.75) is 6.61 Å². The molecule has 2 aromatic rings. The third-order valence-corrected chi connectivity index (χ3v) is 3.14. The number of rotatable bonds is 7. The van der Waals surface area contributed by atoms with Crippen molar-refractivity contribution in [2.24, 2.45) is 0 Å². The number of ether oxygens (including phenoxy) is 3. The standard InChI is InChI=1S/C17H15F3N2O5/c1-25-14-8-10(2-7-13(14)27-17(19)20)16(24)22-21-15(23)9-26-12-5-3-11(18)4-6-12/h2-8,17H,9H2,1H3,(H,21,23)(H,22,24). The highest BCUT2D eigenvalue weighted by Crippen LogP contribution is 2.29. The molecule has 0 aromatic heterocycles. The Bertz CT molecular complexity index is 800.